The van der Waals surface area contributed by atoms with E-state index in [4.69, 9.17) is 9.47 Å². The van der Waals surface area contributed by atoms with Crippen molar-refractivity contribution in [1.82, 2.24) is 4.98 Å². The minimum absolute atomic E-state index is 0.00356. The van der Waals surface area contributed by atoms with Gasteiger partial charge in [0.1, 0.15) is 12.2 Å². The molecular weight excluding hydrogens is 446 g/mol. The number of nitrogens with zero attached hydrogens (tertiary/aromatic N) is 3. The van der Waals surface area contributed by atoms with Gasteiger partial charge in [0.25, 0.3) is 0 Å². The van der Waals surface area contributed by atoms with Gasteiger partial charge >= 0.3 is 17.6 Å². The second kappa shape index (κ2) is 11.2. The highest BCUT2D eigenvalue weighted by Crippen LogP contribution is 2.39. The number of hydrogen-bond acceptors (Lipinski definition) is 10. The summed E-state index contributed by atoms with van der Waals surface area (Å²) in [7, 11) is 1.20. The van der Waals surface area contributed by atoms with Crippen LogP contribution in [0.3, 0.4) is 0 Å². The number of esters is 2. The molecule has 11 nitrogen and oxygen atoms in total. The number of ether oxygens (including phenoxy) is 3. The van der Waals surface area contributed by atoms with Gasteiger partial charge in [-0.2, -0.15) is 0 Å². The van der Waals surface area contributed by atoms with Crippen LogP contribution < -0.4 is 9.64 Å². The summed E-state index contributed by atoms with van der Waals surface area (Å²) in [5, 5.41) is 11.9. The third-order valence-corrected chi connectivity index (χ3v) is 5.40. The zero-order valence-electron chi connectivity index (χ0n) is 18.9. The van der Waals surface area contributed by atoms with Gasteiger partial charge in [0, 0.05) is 30.9 Å². The van der Waals surface area contributed by atoms with E-state index in [-0.39, 0.29) is 46.9 Å². The first-order valence-electron chi connectivity index (χ1n) is 10.8. The largest absolute Gasteiger partial charge is 0.469 e. The van der Waals surface area contributed by atoms with Gasteiger partial charge in [0.05, 0.1) is 24.6 Å². The molecule has 0 saturated carbocycles. The molecule has 2 aromatic rings. The number of carbonyl (C=O) groups is 3. The number of benzene rings is 1. The van der Waals surface area contributed by atoms with Crippen LogP contribution in [0.15, 0.2) is 36.5 Å². The van der Waals surface area contributed by atoms with E-state index < -0.39 is 16.7 Å². The number of rotatable bonds is 9. The van der Waals surface area contributed by atoms with E-state index in [2.05, 4.69) is 9.72 Å². The van der Waals surface area contributed by atoms with Crippen molar-refractivity contribution in [2.24, 2.45) is 5.92 Å². The molecule has 1 aromatic heterocycles. The number of methoxy groups -OCH3 is 1. The lowest BCUT2D eigenvalue weighted by Gasteiger charge is -2.31. The predicted octanol–water partition coefficient (Wildman–Crippen LogP) is 3.31. The van der Waals surface area contributed by atoms with E-state index in [0.29, 0.717) is 32.5 Å². The lowest BCUT2D eigenvalue weighted by atomic mass is 9.97. The molecule has 1 saturated heterocycles. The van der Waals surface area contributed by atoms with Crippen molar-refractivity contribution in [1.29, 1.82) is 0 Å². The summed E-state index contributed by atoms with van der Waals surface area (Å²) in [4.78, 5) is 52.7. The number of anilines is 1. The quantitative estimate of drug-likeness (QED) is 0.176. The third-order valence-electron chi connectivity index (χ3n) is 5.40. The van der Waals surface area contributed by atoms with Crippen molar-refractivity contribution in [3.8, 4) is 11.5 Å². The van der Waals surface area contributed by atoms with Crippen molar-refractivity contribution in [2.45, 2.75) is 26.2 Å². The number of aromatic nitrogens is 1. The van der Waals surface area contributed by atoms with Crippen molar-refractivity contribution in [3.63, 3.8) is 0 Å². The zero-order valence-corrected chi connectivity index (χ0v) is 18.9. The Kier molecular flexibility index (Phi) is 8.12. The minimum atomic E-state index is -0.642. The fraction of sp³-hybridized carbons (Fsp3) is 0.391. The number of piperidine rings is 1. The van der Waals surface area contributed by atoms with Crippen LogP contribution in [-0.4, -0.2) is 54.4 Å². The number of Topliss-reactive ketones (excluding diaryl/α,β-unsaturated/α-hetero) is 1. The van der Waals surface area contributed by atoms with E-state index in [0.717, 1.165) is 0 Å². The van der Waals surface area contributed by atoms with Gasteiger partial charge in [-0.25, -0.2) is 4.98 Å². The Bertz CT molecular complexity index is 1060. The molecule has 0 radical (unpaired) electrons. The molecule has 3 rings (SSSR count). The first kappa shape index (κ1) is 24.6. The molecule has 0 amide bonds. The lowest BCUT2D eigenvalue weighted by molar-refractivity contribution is -0.385. The Morgan fingerprint density at radius 1 is 1.15 bits per heavy atom. The normalized spacial score (nSPS) is 13.8. The van der Waals surface area contributed by atoms with E-state index in [9.17, 15) is 24.5 Å². The van der Waals surface area contributed by atoms with Gasteiger partial charge in [0.15, 0.2) is 5.78 Å². The molecule has 34 heavy (non-hydrogen) atoms. The standard InChI is InChI=1S/C23H25N3O8/c1-3-33-23(29)16-9-12-25(13-10-16)22-21(26(30)31)19(8-11-24-22)34-17-6-4-15(5-7-17)18(27)14-20(28)32-2/h4-8,11,16H,3,9-10,12-14H2,1-2H3. The van der Waals surface area contributed by atoms with Gasteiger partial charge < -0.3 is 19.1 Å². The van der Waals surface area contributed by atoms with Crippen LogP contribution in [0.2, 0.25) is 0 Å². The highest BCUT2D eigenvalue weighted by atomic mass is 16.6. The van der Waals surface area contributed by atoms with E-state index in [1.807, 2.05) is 0 Å². The topological polar surface area (TPSA) is 138 Å². The van der Waals surface area contributed by atoms with Crippen LogP contribution in [0.5, 0.6) is 11.5 Å². The van der Waals surface area contributed by atoms with Gasteiger partial charge in [-0.05, 0) is 44.0 Å². The molecule has 0 spiro atoms. The summed E-state index contributed by atoms with van der Waals surface area (Å²) >= 11 is 0. The highest BCUT2D eigenvalue weighted by molar-refractivity contribution is 6.05. The van der Waals surface area contributed by atoms with Crippen molar-refractivity contribution < 1.29 is 33.5 Å². The first-order chi connectivity index (χ1) is 16.3. The molecule has 0 atom stereocenters. The lowest BCUT2D eigenvalue weighted by Crippen LogP contribution is -2.37. The molecule has 1 aliphatic heterocycles. The Morgan fingerprint density at radius 2 is 1.82 bits per heavy atom. The summed E-state index contributed by atoms with van der Waals surface area (Å²) in [5.74, 6) is -1.12. The van der Waals surface area contributed by atoms with E-state index in [1.165, 1.54) is 43.6 Å². The zero-order chi connectivity index (χ0) is 24.7. The molecule has 2 heterocycles. The van der Waals surface area contributed by atoms with E-state index in [1.54, 1.807) is 11.8 Å². The van der Waals surface area contributed by atoms with Crippen LogP contribution >= 0.6 is 0 Å². The summed E-state index contributed by atoms with van der Waals surface area (Å²) in [6, 6.07) is 7.30. The monoisotopic (exact) mass is 471 g/mol. The minimum Gasteiger partial charge on any atom is -0.469 e. The third kappa shape index (κ3) is 5.85. The fourth-order valence-electron chi connectivity index (χ4n) is 3.64. The van der Waals surface area contributed by atoms with Crippen LogP contribution in [0.1, 0.15) is 36.5 Å². The average Bonchev–Trinajstić information content (AvgIpc) is 2.84. The molecule has 180 valence electrons. The number of ketones is 1. The Hall–Kier alpha value is -4.02. The molecule has 1 aliphatic rings. The van der Waals surface area contributed by atoms with Crippen molar-refractivity contribution in [2.75, 3.05) is 31.7 Å². The Labute approximate surface area is 195 Å². The molecule has 0 N–H and O–H groups in total. The van der Waals surface area contributed by atoms with Crippen LogP contribution in [-0.2, 0) is 19.1 Å². The smallest absolute Gasteiger partial charge is 0.353 e. The van der Waals surface area contributed by atoms with Crippen LogP contribution in [0.25, 0.3) is 0 Å². The molecule has 0 unspecified atom stereocenters. The number of pyridine rings is 1. The number of hydrogen-bond donors (Lipinski definition) is 0. The van der Waals surface area contributed by atoms with Gasteiger partial charge in [-0.1, -0.05) is 0 Å². The summed E-state index contributed by atoms with van der Waals surface area (Å²) in [6.07, 6.45) is 2.04. The number of carbonyl (C=O) groups excluding carboxylic acids is 3. The van der Waals surface area contributed by atoms with Crippen molar-refractivity contribution >= 4 is 29.2 Å². The van der Waals surface area contributed by atoms with Crippen LogP contribution in [0.4, 0.5) is 11.5 Å². The van der Waals surface area contributed by atoms with E-state index >= 15 is 0 Å². The highest BCUT2D eigenvalue weighted by Gasteiger charge is 2.32. The summed E-state index contributed by atoms with van der Waals surface area (Å²) in [5.41, 5.74) is -0.00457. The average molecular weight is 471 g/mol. The molecule has 1 aromatic carbocycles. The first-order valence-corrected chi connectivity index (χ1v) is 10.8. The summed E-state index contributed by atoms with van der Waals surface area (Å²) in [6.45, 7) is 2.89. The van der Waals surface area contributed by atoms with Crippen molar-refractivity contribution in [3.05, 3.63) is 52.2 Å². The number of nitro groups is 1. The predicted molar refractivity (Wildman–Crippen MR) is 120 cm³/mol. The molecule has 0 bridgehead atoms. The van der Waals surface area contributed by atoms with Gasteiger partial charge in [-0.15, -0.1) is 0 Å². The SMILES string of the molecule is CCOC(=O)C1CCN(c2nccc(Oc3ccc(C(=O)CC(=O)OC)cc3)c2[N+](=O)[O-])CC1. The van der Waals surface area contributed by atoms with Gasteiger partial charge in [0.2, 0.25) is 11.6 Å². The fourth-order valence-corrected chi connectivity index (χ4v) is 3.64. The van der Waals surface area contributed by atoms with Gasteiger partial charge in [-0.3, -0.25) is 24.5 Å². The maximum atomic E-state index is 12.1. The second-order valence-electron chi connectivity index (χ2n) is 7.55. The Morgan fingerprint density at radius 3 is 2.41 bits per heavy atom. The second-order valence-corrected chi connectivity index (χ2v) is 7.55. The summed E-state index contributed by atoms with van der Waals surface area (Å²) < 4.78 is 15.3. The van der Waals surface area contributed by atoms with Crippen LogP contribution in [0, 0.1) is 16.0 Å². The molecule has 11 heteroatoms. The molecule has 0 aliphatic carbocycles. The molecule has 1 fully saturated rings. The molecular formula is C23H25N3O8. The Balaban J connectivity index is 1.76. The maximum absolute atomic E-state index is 12.1. The maximum Gasteiger partial charge on any atom is 0.353 e.